The number of benzene rings is 1. The molecular formula is C17H20N4O3S. The van der Waals surface area contributed by atoms with Crippen LogP contribution >= 0.6 is 0 Å². The zero-order valence-corrected chi connectivity index (χ0v) is 14.7. The Morgan fingerprint density at radius 2 is 1.88 bits per heavy atom. The van der Waals surface area contributed by atoms with Crippen LogP contribution in [-0.4, -0.2) is 41.8 Å². The Morgan fingerprint density at radius 3 is 2.48 bits per heavy atom. The Balaban J connectivity index is 1.54. The summed E-state index contributed by atoms with van der Waals surface area (Å²) in [7, 11) is -3.02. The van der Waals surface area contributed by atoms with E-state index < -0.39 is 9.84 Å². The van der Waals surface area contributed by atoms with Gasteiger partial charge in [-0.3, -0.25) is 4.79 Å². The molecule has 8 heteroatoms. The highest BCUT2D eigenvalue weighted by Crippen LogP contribution is 2.12. The van der Waals surface area contributed by atoms with Crippen molar-refractivity contribution < 1.29 is 13.2 Å². The van der Waals surface area contributed by atoms with E-state index in [1.807, 2.05) is 31.2 Å². The number of hydrogen-bond acceptors (Lipinski definition) is 6. The third-order valence-electron chi connectivity index (χ3n) is 4.05. The van der Waals surface area contributed by atoms with E-state index in [1.54, 1.807) is 0 Å². The summed E-state index contributed by atoms with van der Waals surface area (Å²) in [5, 5.41) is 5.81. The number of carbonyl (C=O) groups is 1. The molecule has 1 aromatic heterocycles. The number of aromatic nitrogens is 2. The van der Waals surface area contributed by atoms with Crippen LogP contribution in [0.1, 0.15) is 27.9 Å². The Hall–Kier alpha value is -2.48. The van der Waals surface area contributed by atoms with Crippen molar-refractivity contribution in [3.8, 4) is 0 Å². The maximum absolute atomic E-state index is 12.1. The average molecular weight is 360 g/mol. The Labute approximate surface area is 146 Å². The van der Waals surface area contributed by atoms with Crippen molar-refractivity contribution in [2.45, 2.75) is 25.9 Å². The number of rotatable bonds is 5. The summed E-state index contributed by atoms with van der Waals surface area (Å²) >= 11 is 0. The van der Waals surface area contributed by atoms with E-state index in [4.69, 9.17) is 0 Å². The molecule has 0 aliphatic carbocycles. The van der Waals surface area contributed by atoms with E-state index in [9.17, 15) is 13.2 Å². The summed E-state index contributed by atoms with van der Waals surface area (Å²) < 4.78 is 22.9. The number of aryl methyl sites for hydroxylation is 1. The van der Waals surface area contributed by atoms with Crippen molar-refractivity contribution >= 4 is 21.7 Å². The molecule has 0 saturated carbocycles. The molecule has 7 nitrogen and oxygen atoms in total. The Kier molecular flexibility index (Phi) is 4.98. The number of carbonyl (C=O) groups excluding carboxylic acids is 1. The van der Waals surface area contributed by atoms with Crippen LogP contribution in [0.15, 0.2) is 36.7 Å². The van der Waals surface area contributed by atoms with Crippen molar-refractivity contribution in [2.24, 2.45) is 0 Å². The summed E-state index contributed by atoms with van der Waals surface area (Å²) in [4.78, 5) is 20.4. The molecule has 1 aliphatic heterocycles. The second-order valence-corrected chi connectivity index (χ2v) is 8.44. The molecule has 1 fully saturated rings. The quantitative estimate of drug-likeness (QED) is 0.834. The first-order valence-corrected chi connectivity index (χ1v) is 9.86. The van der Waals surface area contributed by atoms with Gasteiger partial charge in [0.2, 0.25) is 5.95 Å². The number of nitrogens with zero attached hydrogens (tertiary/aromatic N) is 2. The van der Waals surface area contributed by atoms with Gasteiger partial charge in [0, 0.05) is 25.0 Å². The van der Waals surface area contributed by atoms with E-state index in [2.05, 4.69) is 20.6 Å². The lowest BCUT2D eigenvalue weighted by Crippen LogP contribution is -2.35. The molecular weight excluding hydrogens is 340 g/mol. The van der Waals surface area contributed by atoms with E-state index in [0.29, 0.717) is 24.5 Å². The molecule has 2 N–H and O–H groups in total. The number of anilines is 1. The molecule has 1 aliphatic rings. The zero-order chi connectivity index (χ0) is 17.9. The molecule has 0 spiro atoms. The normalized spacial score (nSPS) is 18.7. The van der Waals surface area contributed by atoms with Crippen LogP contribution in [0.3, 0.4) is 0 Å². The van der Waals surface area contributed by atoms with Gasteiger partial charge in [-0.25, -0.2) is 18.4 Å². The van der Waals surface area contributed by atoms with Crippen molar-refractivity contribution in [3.63, 3.8) is 0 Å². The minimum Gasteiger partial charge on any atom is -0.350 e. The largest absolute Gasteiger partial charge is 0.350 e. The van der Waals surface area contributed by atoms with Crippen LogP contribution < -0.4 is 10.6 Å². The molecule has 2 aromatic rings. The first kappa shape index (κ1) is 17.3. The van der Waals surface area contributed by atoms with Crippen LogP contribution in [0.25, 0.3) is 0 Å². The van der Waals surface area contributed by atoms with Gasteiger partial charge in [-0.1, -0.05) is 29.8 Å². The topological polar surface area (TPSA) is 101 Å². The van der Waals surface area contributed by atoms with Gasteiger partial charge in [0.15, 0.2) is 9.84 Å². The molecule has 1 amide bonds. The second kappa shape index (κ2) is 7.18. The van der Waals surface area contributed by atoms with Crippen LogP contribution in [-0.2, 0) is 16.4 Å². The predicted molar refractivity (Wildman–Crippen MR) is 95.1 cm³/mol. The minimum absolute atomic E-state index is 0.00418. The maximum Gasteiger partial charge on any atom is 0.254 e. The molecule has 3 rings (SSSR count). The predicted octanol–water partition coefficient (Wildman–Crippen LogP) is 1.31. The fourth-order valence-corrected chi connectivity index (χ4v) is 4.27. The number of sulfone groups is 1. The number of nitrogens with one attached hydrogen (secondary N) is 2. The van der Waals surface area contributed by atoms with Crippen LogP contribution in [0.4, 0.5) is 5.95 Å². The van der Waals surface area contributed by atoms with Gasteiger partial charge in [0.05, 0.1) is 17.1 Å². The van der Waals surface area contributed by atoms with Gasteiger partial charge in [0.25, 0.3) is 5.91 Å². The minimum atomic E-state index is -3.02. The molecule has 132 valence electrons. The van der Waals surface area contributed by atoms with Gasteiger partial charge < -0.3 is 10.6 Å². The van der Waals surface area contributed by atoms with Crippen molar-refractivity contribution in [1.29, 1.82) is 0 Å². The molecule has 0 bridgehead atoms. The standard InChI is InChI=1S/C17H20N4O3S/c1-12-2-4-13(5-3-12)8-18-17-19-9-14(10-20-17)16(22)21-15-6-7-25(23,24)11-15/h2-5,9-10,15H,6-8,11H2,1H3,(H,21,22)(H,18,19,20). The molecule has 25 heavy (non-hydrogen) atoms. The third kappa shape index (κ3) is 4.76. The van der Waals surface area contributed by atoms with Gasteiger partial charge in [-0.15, -0.1) is 0 Å². The lowest BCUT2D eigenvalue weighted by molar-refractivity contribution is 0.0940. The van der Waals surface area contributed by atoms with Crippen molar-refractivity contribution in [1.82, 2.24) is 15.3 Å². The Morgan fingerprint density at radius 1 is 1.20 bits per heavy atom. The highest BCUT2D eigenvalue weighted by atomic mass is 32.2. The number of hydrogen-bond donors (Lipinski definition) is 2. The molecule has 1 atom stereocenters. The summed E-state index contributed by atoms with van der Waals surface area (Å²) in [5.74, 6) is 0.194. The molecule has 2 heterocycles. The maximum atomic E-state index is 12.1. The summed E-state index contributed by atoms with van der Waals surface area (Å²) in [5.41, 5.74) is 2.62. The van der Waals surface area contributed by atoms with E-state index in [0.717, 1.165) is 5.56 Å². The van der Waals surface area contributed by atoms with Gasteiger partial charge in [0.1, 0.15) is 0 Å². The van der Waals surface area contributed by atoms with Gasteiger partial charge >= 0.3 is 0 Å². The Bertz CT molecular complexity index is 848. The number of amides is 1. The zero-order valence-electron chi connectivity index (χ0n) is 13.9. The second-order valence-electron chi connectivity index (χ2n) is 6.21. The first-order valence-electron chi connectivity index (χ1n) is 8.04. The first-order chi connectivity index (χ1) is 11.9. The fourth-order valence-electron chi connectivity index (χ4n) is 2.60. The lowest BCUT2D eigenvalue weighted by atomic mass is 10.1. The molecule has 1 aromatic carbocycles. The van der Waals surface area contributed by atoms with Crippen LogP contribution in [0.5, 0.6) is 0 Å². The smallest absolute Gasteiger partial charge is 0.254 e. The van der Waals surface area contributed by atoms with Crippen molar-refractivity contribution in [2.75, 3.05) is 16.8 Å². The monoisotopic (exact) mass is 360 g/mol. The van der Waals surface area contributed by atoms with Gasteiger partial charge in [-0.05, 0) is 18.9 Å². The van der Waals surface area contributed by atoms with Gasteiger partial charge in [-0.2, -0.15) is 0 Å². The summed E-state index contributed by atoms with van der Waals surface area (Å²) in [6, 6.07) is 7.79. The van der Waals surface area contributed by atoms with Crippen LogP contribution in [0, 0.1) is 6.92 Å². The highest BCUT2D eigenvalue weighted by molar-refractivity contribution is 7.91. The van der Waals surface area contributed by atoms with E-state index in [-0.39, 0.29) is 23.5 Å². The fraction of sp³-hybridized carbons (Fsp3) is 0.353. The molecule has 1 saturated heterocycles. The summed E-state index contributed by atoms with van der Waals surface area (Å²) in [6.45, 7) is 2.62. The average Bonchev–Trinajstić information content (AvgIpc) is 2.93. The molecule has 0 radical (unpaired) electrons. The van der Waals surface area contributed by atoms with E-state index in [1.165, 1.54) is 18.0 Å². The lowest BCUT2D eigenvalue weighted by Gasteiger charge is -2.10. The highest BCUT2D eigenvalue weighted by Gasteiger charge is 2.29. The van der Waals surface area contributed by atoms with E-state index >= 15 is 0 Å². The third-order valence-corrected chi connectivity index (χ3v) is 5.82. The molecule has 1 unspecified atom stereocenters. The van der Waals surface area contributed by atoms with Crippen LogP contribution in [0.2, 0.25) is 0 Å². The SMILES string of the molecule is Cc1ccc(CNc2ncc(C(=O)NC3CCS(=O)(=O)C3)cn2)cc1. The van der Waals surface area contributed by atoms with Crippen molar-refractivity contribution in [3.05, 3.63) is 53.3 Å². The summed E-state index contributed by atoms with van der Waals surface area (Å²) in [6.07, 6.45) is 3.32.